The highest BCUT2D eigenvalue weighted by molar-refractivity contribution is 5.24. The van der Waals surface area contributed by atoms with Crippen LogP contribution in [0.1, 0.15) is 24.5 Å². The zero-order valence-corrected chi connectivity index (χ0v) is 20.9. The Morgan fingerprint density at radius 3 is 2.22 bits per heavy atom. The van der Waals surface area contributed by atoms with Crippen LogP contribution < -0.4 is 16.0 Å². The zero-order valence-electron chi connectivity index (χ0n) is 20.9. The van der Waals surface area contributed by atoms with Gasteiger partial charge < -0.3 is 50.6 Å². The van der Waals surface area contributed by atoms with Gasteiger partial charge in [0.15, 0.2) is 0 Å². The summed E-state index contributed by atoms with van der Waals surface area (Å²) in [5.41, 5.74) is -1.94. The van der Waals surface area contributed by atoms with Gasteiger partial charge in [-0.05, 0) is 51.7 Å². The van der Waals surface area contributed by atoms with Gasteiger partial charge in [0.1, 0.15) is 23.9 Å². The molecular weight excluding hydrogens is 499 g/mol. The number of hydrogen-bond donors (Lipinski definition) is 7. The minimum atomic E-state index is -4.41. The van der Waals surface area contributed by atoms with E-state index in [9.17, 15) is 33.6 Å². The Hall–Kier alpha value is -1.39. The molecule has 1 saturated carbocycles. The molecule has 3 aliphatic rings. The summed E-state index contributed by atoms with van der Waals surface area (Å²) >= 11 is 0. The highest BCUT2D eigenvalue weighted by atomic mass is 19.4. The van der Waals surface area contributed by atoms with Crippen molar-refractivity contribution in [2.45, 2.75) is 86.2 Å². The third-order valence-electron chi connectivity index (χ3n) is 7.64. The summed E-state index contributed by atoms with van der Waals surface area (Å²) in [6, 6.07) is 3.35. The van der Waals surface area contributed by atoms with Crippen LogP contribution in [-0.4, -0.2) is 108 Å². The molecule has 0 aromatic heterocycles. The first-order valence-corrected chi connectivity index (χ1v) is 12.4. The smallest absolute Gasteiger partial charge is 0.390 e. The summed E-state index contributed by atoms with van der Waals surface area (Å²) in [6.45, 7) is 1.87. The molecule has 0 radical (unpaired) electrons. The van der Waals surface area contributed by atoms with Gasteiger partial charge in [-0.3, -0.25) is 0 Å². The van der Waals surface area contributed by atoms with Crippen molar-refractivity contribution in [1.82, 2.24) is 16.0 Å². The number of likely N-dealkylation sites (N-methyl/N-ethyl adjacent to an activating group) is 2. The van der Waals surface area contributed by atoms with Crippen molar-refractivity contribution in [3.63, 3.8) is 0 Å². The maximum Gasteiger partial charge on any atom is 0.416 e. The lowest BCUT2D eigenvalue weighted by atomic mass is 9.77. The number of aliphatic hydroxyl groups is 4. The number of aliphatic hydroxyl groups excluding tert-OH is 2. The van der Waals surface area contributed by atoms with E-state index < -0.39 is 72.0 Å². The van der Waals surface area contributed by atoms with E-state index in [1.54, 1.807) is 21.0 Å². The maximum atomic E-state index is 12.8. The third-order valence-corrected chi connectivity index (χ3v) is 7.64. The van der Waals surface area contributed by atoms with Crippen molar-refractivity contribution in [1.29, 1.82) is 0 Å². The minimum absolute atomic E-state index is 0.0114. The van der Waals surface area contributed by atoms with Gasteiger partial charge in [-0.1, -0.05) is 12.1 Å². The predicted molar refractivity (Wildman–Crippen MR) is 124 cm³/mol. The van der Waals surface area contributed by atoms with Crippen LogP contribution in [0.2, 0.25) is 0 Å². The number of rotatable bonds is 7. The number of fused-ring (bicyclic) bond motifs is 2. The second kappa shape index (κ2) is 10.6. The Morgan fingerprint density at radius 2 is 1.62 bits per heavy atom. The van der Waals surface area contributed by atoms with Crippen LogP contribution in [0, 0.1) is 0 Å². The van der Waals surface area contributed by atoms with Gasteiger partial charge >= 0.3 is 6.18 Å². The Morgan fingerprint density at radius 1 is 0.973 bits per heavy atom. The number of benzene rings is 1. The fourth-order valence-electron chi connectivity index (χ4n) is 5.62. The van der Waals surface area contributed by atoms with Gasteiger partial charge in [-0.15, -0.1) is 0 Å². The van der Waals surface area contributed by atoms with Crippen LogP contribution in [0.4, 0.5) is 13.2 Å². The van der Waals surface area contributed by atoms with Gasteiger partial charge in [-0.2, -0.15) is 13.2 Å². The molecule has 4 rings (SSSR count). The van der Waals surface area contributed by atoms with Gasteiger partial charge in [-0.25, -0.2) is 0 Å². The van der Waals surface area contributed by atoms with Crippen molar-refractivity contribution in [3.05, 3.63) is 35.4 Å². The molecule has 0 amide bonds. The Labute approximate surface area is 213 Å². The molecule has 1 aliphatic carbocycles. The first-order chi connectivity index (χ1) is 17.3. The Bertz CT molecular complexity index is 926. The molecule has 1 aromatic carbocycles. The van der Waals surface area contributed by atoms with E-state index in [1.807, 2.05) is 0 Å². The van der Waals surface area contributed by atoms with Crippen LogP contribution in [0.5, 0.6) is 0 Å². The Balaban J connectivity index is 1.46. The fourth-order valence-corrected chi connectivity index (χ4v) is 5.62. The van der Waals surface area contributed by atoms with E-state index in [2.05, 4.69) is 16.0 Å². The molecule has 1 aromatic rings. The zero-order chi connectivity index (χ0) is 27.2. The van der Waals surface area contributed by atoms with Gasteiger partial charge in [0.05, 0.1) is 29.9 Å². The molecule has 2 saturated heterocycles. The molecule has 10 atom stereocenters. The Kier molecular flexibility index (Phi) is 8.23. The van der Waals surface area contributed by atoms with Crippen molar-refractivity contribution in [2.75, 3.05) is 27.2 Å². The standard InChI is InChI=1S/C24H36F3N3O7/c1-12-10-22(33,11-30-9-8-13-4-6-14(7-5-13)24(25,26)27)23(34)21(35-12)36-20-18(32)15(28-2)17(31)16(29-3)19(20)37-23/h4-7,12,15-21,28-34H,8-11H2,1-3H3. The average molecular weight is 536 g/mol. The highest BCUT2D eigenvalue weighted by Crippen LogP contribution is 2.46. The summed E-state index contributed by atoms with van der Waals surface area (Å²) in [4.78, 5) is 0. The quantitative estimate of drug-likeness (QED) is 0.219. The molecule has 13 heteroatoms. The summed E-state index contributed by atoms with van der Waals surface area (Å²) in [5.74, 6) is -2.33. The molecular formula is C24H36F3N3O7. The molecule has 10 nitrogen and oxygen atoms in total. The maximum absolute atomic E-state index is 12.8. The first kappa shape index (κ1) is 28.6. The summed E-state index contributed by atoms with van der Waals surface area (Å²) in [5, 5.41) is 53.7. The van der Waals surface area contributed by atoms with Crippen LogP contribution in [-0.2, 0) is 26.8 Å². The minimum Gasteiger partial charge on any atom is -0.390 e. The fraction of sp³-hybridized carbons (Fsp3) is 0.750. The SMILES string of the molecule is CNC1C(O)C(NC)C2OC3(O)C(OC(C)CC3(O)CNCCc3ccc(C(F)(F)F)cc3)OC2C1O. The molecule has 37 heavy (non-hydrogen) atoms. The lowest BCUT2D eigenvalue weighted by molar-refractivity contribution is -0.482. The molecule has 7 N–H and O–H groups in total. The normalized spacial score (nSPS) is 42.2. The van der Waals surface area contributed by atoms with Crippen LogP contribution >= 0.6 is 0 Å². The second-order valence-corrected chi connectivity index (χ2v) is 10.1. The van der Waals surface area contributed by atoms with Crippen molar-refractivity contribution in [2.24, 2.45) is 0 Å². The van der Waals surface area contributed by atoms with Gasteiger partial charge in [0.25, 0.3) is 0 Å². The van der Waals surface area contributed by atoms with Crippen LogP contribution in [0.3, 0.4) is 0 Å². The average Bonchev–Trinajstić information content (AvgIpc) is 2.82. The summed E-state index contributed by atoms with van der Waals surface area (Å²) in [7, 11) is 3.20. The van der Waals surface area contributed by atoms with Crippen molar-refractivity contribution in [3.8, 4) is 0 Å². The second-order valence-electron chi connectivity index (χ2n) is 10.1. The van der Waals surface area contributed by atoms with Crippen LogP contribution in [0.25, 0.3) is 0 Å². The molecule has 2 aliphatic heterocycles. The monoisotopic (exact) mass is 535 g/mol. The highest BCUT2D eigenvalue weighted by Gasteiger charge is 2.68. The number of halogens is 3. The van der Waals surface area contributed by atoms with Crippen molar-refractivity contribution < 1.29 is 47.8 Å². The third kappa shape index (κ3) is 5.26. The molecule has 3 fully saturated rings. The van der Waals surface area contributed by atoms with E-state index in [1.165, 1.54) is 12.1 Å². The summed E-state index contributed by atoms with van der Waals surface area (Å²) < 4.78 is 56.1. The molecule has 0 bridgehead atoms. The number of nitrogens with one attached hydrogen (secondary N) is 3. The largest absolute Gasteiger partial charge is 0.416 e. The lowest BCUT2D eigenvalue weighted by Crippen LogP contribution is -2.81. The van der Waals surface area contributed by atoms with Gasteiger partial charge in [0, 0.05) is 13.0 Å². The first-order valence-electron chi connectivity index (χ1n) is 12.4. The van der Waals surface area contributed by atoms with E-state index in [-0.39, 0.29) is 13.0 Å². The van der Waals surface area contributed by atoms with E-state index in [4.69, 9.17) is 14.2 Å². The topological polar surface area (TPSA) is 145 Å². The number of ether oxygens (including phenoxy) is 3. The van der Waals surface area contributed by atoms with E-state index in [0.717, 1.165) is 12.1 Å². The number of hydrogen-bond acceptors (Lipinski definition) is 10. The lowest BCUT2D eigenvalue weighted by Gasteiger charge is -2.60. The van der Waals surface area contributed by atoms with Crippen LogP contribution in [0.15, 0.2) is 24.3 Å². The predicted octanol–water partition coefficient (Wildman–Crippen LogP) is -0.912. The molecule has 0 spiro atoms. The van der Waals surface area contributed by atoms with Crippen molar-refractivity contribution >= 4 is 0 Å². The molecule has 210 valence electrons. The number of alkyl halides is 3. The van der Waals surface area contributed by atoms with E-state index >= 15 is 0 Å². The molecule has 10 unspecified atom stereocenters. The van der Waals surface area contributed by atoms with E-state index in [0.29, 0.717) is 18.5 Å². The van der Waals surface area contributed by atoms with Gasteiger partial charge in [0.2, 0.25) is 12.1 Å². The molecule has 2 heterocycles. The summed E-state index contributed by atoms with van der Waals surface area (Å²) in [6.07, 6.45) is -10.2.